The van der Waals surface area contributed by atoms with Gasteiger partial charge in [0.2, 0.25) is 0 Å². The molecule has 2 N–H and O–H groups in total. The van der Waals surface area contributed by atoms with Crippen LogP contribution in [0.2, 0.25) is 0 Å². The van der Waals surface area contributed by atoms with E-state index in [0.29, 0.717) is 12.8 Å². The fourth-order valence-electron chi connectivity index (χ4n) is 1.57. The number of hydrogen-bond donors (Lipinski definition) is 1. The summed E-state index contributed by atoms with van der Waals surface area (Å²) in [6, 6.07) is 6.01. The molecule has 1 nitrogen and oxygen atoms in total. The summed E-state index contributed by atoms with van der Waals surface area (Å²) in [5.41, 5.74) is 7.24. The summed E-state index contributed by atoms with van der Waals surface area (Å²) < 4.78 is 36.4. The van der Waals surface area contributed by atoms with E-state index >= 15 is 0 Å². The van der Waals surface area contributed by atoms with Gasteiger partial charge in [0.15, 0.2) is 0 Å². The molecule has 0 radical (unpaired) electrons. The smallest absolute Gasteiger partial charge is 0.320 e. The Morgan fingerprint density at radius 1 is 1.25 bits per heavy atom. The number of hydrogen-bond acceptors (Lipinski definition) is 1. The number of rotatable bonds is 4. The van der Waals surface area contributed by atoms with Gasteiger partial charge < -0.3 is 5.73 Å². The lowest BCUT2D eigenvalue weighted by molar-refractivity contribution is -0.149. The van der Waals surface area contributed by atoms with Crippen LogP contribution in [0.1, 0.15) is 24.0 Å². The monoisotopic (exact) mass is 231 g/mol. The second kappa shape index (κ2) is 5.34. The van der Waals surface area contributed by atoms with Crippen molar-refractivity contribution in [2.75, 3.05) is 0 Å². The van der Waals surface area contributed by atoms with Gasteiger partial charge in [0.05, 0.1) is 0 Å². The van der Waals surface area contributed by atoms with Crippen LogP contribution >= 0.6 is 0 Å². The van der Waals surface area contributed by atoms with E-state index in [4.69, 9.17) is 5.73 Å². The average molecular weight is 231 g/mol. The highest BCUT2D eigenvalue weighted by molar-refractivity contribution is 5.25. The SMILES string of the molecule is Cc1ccccc1CCC[C@H](N)C(F)(F)F. The van der Waals surface area contributed by atoms with Crippen molar-refractivity contribution in [2.45, 2.75) is 38.4 Å². The molecule has 0 aromatic heterocycles. The van der Waals surface area contributed by atoms with Crippen molar-refractivity contribution in [1.82, 2.24) is 0 Å². The Morgan fingerprint density at radius 3 is 2.44 bits per heavy atom. The first-order chi connectivity index (χ1) is 7.41. The zero-order valence-corrected chi connectivity index (χ0v) is 9.22. The molecule has 0 saturated heterocycles. The lowest BCUT2D eigenvalue weighted by Gasteiger charge is -2.15. The van der Waals surface area contributed by atoms with Gasteiger partial charge in [0.1, 0.15) is 6.04 Å². The molecule has 0 spiro atoms. The molecule has 0 aliphatic rings. The summed E-state index contributed by atoms with van der Waals surface area (Å²) in [6.45, 7) is 1.96. The van der Waals surface area contributed by atoms with Crippen LogP contribution in [0.25, 0.3) is 0 Å². The Labute approximate surface area is 93.5 Å². The zero-order chi connectivity index (χ0) is 12.2. The van der Waals surface area contributed by atoms with Gasteiger partial charge in [0.25, 0.3) is 0 Å². The highest BCUT2D eigenvalue weighted by Crippen LogP contribution is 2.22. The third-order valence-electron chi connectivity index (χ3n) is 2.64. The second-order valence-electron chi connectivity index (χ2n) is 3.97. The maximum Gasteiger partial charge on any atom is 0.403 e. The van der Waals surface area contributed by atoms with Crippen molar-refractivity contribution in [3.8, 4) is 0 Å². The van der Waals surface area contributed by atoms with Gasteiger partial charge in [-0.05, 0) is 37.3 Å². The fourth-order valence-corrected chi connectivity index (χ4v) is 1.57. The molecular formula is C12H16F3N. The highest BCUT2D eigenvalue weighted by atomic mass is 19.4. The van der Waals surface area contributed by atoms with Gasteiger partial charge in [0, 0.05) is 0 Å². The fraction of sp³-hybridized carbons (Fsp3) is 0.500. The summed E-state index contributed by atoms with van der Waals surface area (Å²) in [4.78, 5) is 0. The minimum atomic E-state index is -4.27. The average Bonchev–Trinajstić information content (AvgIpc) is 2.19. The Morgan fingerprint density at radius 2 is 1.88 bits per heavy atom. The lowest BCUT2D eigenvalue weighted by atomic mass is 10.0. The van der Waals surface area contributed by atoms with E-state index in [2.05, 4.69) is 0 Å². The van der Waals surface area contributed by atoms with Gasteiger partial charge in [-0.25, -0.2) is 0 Å². The van der Waals surface area contributed by atoms with E-state index in [1.807, 2.05) is 31.2 Å². The predicted octanol–water partition coefficient (Wildman–Crippen LogP) is 3.21. The molecule has 1 atom stereocenters. The predicted molar refractivity (Wildman–Crippen MR) is 58.1 cm³/mol. The molecule has 0 aliphatic carbocycles. The molecule has 0 saturated carbocycles. The summed E-state index contributed by atoms with van der Waals surface area (Å²) in [6.07, 6.45) is -3.18. The largest absolute Gasteiger partial charge is 0.403 e. The van der Waals surface area contributed by atoms with Crippen LogP contribution < -0.4 is 5.73 Å². The summed E-state index contributed by atoms with van der Waals surface area (Å²) in [5.74, 6) is 0. The van der Waals surface area contributed by atoms with Crippen LogP contribution in [-0.4, -0.2) is 12.2 Å². The Kier molecular flexibility index (Phi) is 4.35. The van der Waals surface area contributed by atoms with Gasteiger partial charge in [-0.3, -0.25) is 0 Å². The topological polar surface area (TPSA) is 26.0 Å². The van der Waals surface area contributed by atoms with E-state index in [-0.39, 0.29) is 6.42 Å². The quantitative estimate of drug-likeness (QED) is 0.846. The minimum Gasteiger partial charge on any atom is -0.320 e. The molecule has 1 aromatic carbocycles. The Bertz CT molecular complexity index is 333. The number of halogens is 3. The first kappa shape index (κ1) is 13.0. The maximum atomic E-state index is 12.1. The van der Waals surface area contributed by atoms with Gasteiger partial charge >= 0.3 is 6.18 Å². The first-order valence-corrected chi connectivity index (χ1v) is 5.28. The van der Waals surface area contributed by atoms with Crippen molar-refractivity contribution in [3.63, 3.8) is 0 Å². The van der Waals surface area contributed by atoms with Crippen molar-refractivity contribution in [3.05, 3.63) is 35.4 Å². The molecule has 90 valence electrons. The van der Waals surface area contributed by atoms with E-state index in [1.165, 1.54) is 0 Å². The van der Waals surface area contributed by atoms with Gasteiger partial charge in [-0.15, -0.1) is 0 Å². The van der Waals surface area contributed by atoms with E-state index < -0.39 is 12.2 Å². The number of aryl methyl sites for hydroxylation is 2. The normalized spacial score (nSPS) is 13.8. The van der Waals surface area contributed by atoms with Crippen LogP contribution in [0.4, 0.5) is 13.2 Å². The third kappa shape index (κ3) is 3.85. The van der Waals surface area contributed by atoms with Crippen molar-refractivity contribution >= 4 is 0 Å². The number of benzene rings is 1. The van der Waals surface area contributed by atoms with Gasteiger partial charge in [-0.1, -0.05) is 24.3 Å². The van der Waals surface area contributed by atoms with Crippen LogP contribution in [0.3, 0.4) is 0 Å². The molecule has 0 amide bonds. The lowest BCUT2D eigenvalue weighted by Crippen LogP contribution is -2.37. The second-order valence-corrected chi connectivity index (χ2v) is 3.97. The highest BCUT2D eigenvalue weighted by Gasteiger charge is 2.35. The standard InChI is InChI=1S/C12H16F3N/c1-9-5-2-3-6-10(9)7-4-8-11(16)12(13,14)15/h2-3,5-6,11H,4,7-8,16H2,1H3/t11-/m0/s1. The van der Waals surface area contributed by atoms with E-state index in [1.54, 1.807) is 0 Å². The Balaban J connectivity index is 2.40. The van der Waals surface area contributed by atoms with E-state index in [9.17, 15) is 13.2 Å². The third-order valence-corrected chi connectivity index (χ3v) is 2.64. The Hall–Kier alpha value is -1.03. The molecule has 1 aromatic rings. The van der Waals surface area contributed by atoms with Crippen molar-refractivity contribution in [2.24, 2.45) is 5.73 Å². The summed E-state index contributed by atoms with van der Waals surface area (Å²) in [5, 5.41) is 0. The van der Waals surface area contributed by atoms with Crippen molar-refractivity contribution in [1.29, 1.82) is 0 Å². The molecule has 0 fully saturated rings. The van der Waals surface area contributed by atoms with E-state index in [0.717, 1.165) is 11.1 Å². The molecule has 0 bridgehead atoms. The minimum absolute atomic E-state index is 0.0160. The molecule has 16 heavy (non-hydrogen) atoms. The molecule has 0 heterocycles. The number of alkyl halides is 3. The van der Waals surface area contributed by atoms with Crippen LogP contribution in [0.5, 0.6) is 0 Å². The molecule has 1 rings (SSSR count). The maximum absolute atomic E-state index is 12.1. The zero-order valence-electron chi connectivity index (χ0n) is 9.22. The number of nitrogens with two attached hydrogens (primary N) is 1. The van der Waals surface area contributed by atoms with Crippen LogP contribution in [0.15, 0.2) is 24.3 Å². The molecule has 0 unspecified atom stereocenters. The van der Waals surface area contributed by atoms with Crippen LogP contribution in [-0.2, 0) is 6.42 Å². The van der Waals surface area contributed by atoms with Crippen LogP contribution in [0, 0.1) is 6.92 Å². The van der Waals surface area contributed by atoms with Gasteiger partial charge in [-0.2, -0.15) is 13.2 Å². The summed E-state index contributed by atoms with van der Waals surface area (Å²) in [7, 11) is 0. The molecule has 4 heteroatoms. The molecular weight excluding hydrogens is 215 g/mol. The summed E-state index contributed by atoms with van der Waals surface area (Å²) >= 11 is 0. The molecule has 0 aliphatic heterocycles. The van der Waals surface area contributed by atoms with Crippen molar-refractivity contribution < 1.29 is 13.2 Å². The first-order valence-electron chi connectivity index (χ1n) is 5.28.